The maximum Gasteiger partial charge on any atom is 0.183 e. The largest absolute Gasteiger partial charge is 0.496 e. The van der Waals surface area contributed by atoms with Gasteiger partial charge in [-0.1, -0.05) is 18.2 Å². The predicted molar refractivity (Wildman–Crippen MR) is 74.4 cm³/mol. The molecule has 0 aromatic heterocycles. The summed E-state index contributed by atoms with van der Waals surface area (Å²) in [6.45, 7) is 4.82. The van der Waals surface area contributed by atoms with Crippen molar-refractivity contribution in [3.05, 3.63) is 29.8 Å². The summed E-state index contributed by atoms with van der Waals surface area (Å²) in [6.07, 6.45) is 0.113. The van der Waals surface area contributed by atoms with Crippen molar-refractivity contribution in [2.75, 3.05) is 20.3 Å². The molecule has 1 aromatic rings. The molecule has 0 aliphatic heterocycles. The molecule has 0 amide bonds. The molecule has 1 N–H and O–H groups in total. The smallest absolute Gasteiger partial charge is 0.183 e. The van der Waals surface area contributed by atoms with Gasteiger partial charge in [-0.25, -0.2) is 0 Å². The lowest BCUT2D eigenvalue weighted by Crippen LogP contribution is -2.32. The van der Waals surface area contributed by atoms with Crippen LogP contribution in [0.25, 0.3) is 0 Å². The van der Waals surface area contributed by atoms with Crippen molar-refractivity contribution in [1.29, 1.82) is 0 Å². The van der Waals surface area contributed by atoms with Gasteiger partial charge in [-0.2, -0.15) is 0 Å². The summed E-state index contributed by atoms with van der Waals surface area (Å²) < 4.78 is 16.1. The van der Waals surface area contributed by atoms with Crippen molar-refractivity contribution in [1.82, 2.24) is 0 Å². The highest BCUT2D eigenvalue weighted by molar-refractivity contribution is 5.33. The SMILES string of the molecule is CCOC(OCC)C(O)CCc1ccccc1OC. The van der Waals surface area contributed by atoms with Crippen molar-refractivity contribution in [2.24, 2.45) is 0 Å². The summed E-state index contributed by atoms with van der Waals surface area (Å²) in [6, 6.07) is 7.82. The van der Waals surface area contributed by atoms with Crippen molar-refractivity contribution in [3.63, 3.8) is 0 Å². The molecule has 0 aliphatic rings. The number of aliphatic hydroxyl groups excluding tert-OH is 1. The van der Waals surface area contributed by atoms with E-state index in [-0.39, 0.29) is 0 Å². The molecular weight excluding hydrogens is 244 g/mol. The van der Waals surface area contributed by atoms with E-state index in [0.717, 1.165) is 17.7 Å². The van der Waals surface area contributed by atoms with E-state index in [1.165, 1.54) is 0 Å². The highest BCUT2D eigenvalue weighted by atomic mass is 16.7. The maximum atomic E-state index is 10.1. The van der Waals surface area contributed by atoms with E-state index in [1.54, 1.807) is 7.11 Å². The molecule has 1 aromatic carbocycles. The standard InChI is InChI=1S/C15H24O4/c1-4-18-15(19-5-2)13(16)11-10-12-8-6-7-9-14(12)17-3/h6-9,13,15-16H,4-5,10-11H2,1-3H3. The van der Waals surface area contributed by atoms with E-state index in [0.29, 0.717) is 19.6 Å². The molecule has 0 heterocycles. The van der Waals surface area contributed by atoms with E-state index >= 15 is 0 Å². The predicted octanol–water partition coefficient (Wildman–Crippen LogP) is 2.39. The van der Waals surface area contributed by atoms with Gasteiger partial charge in [0.15, 0.2) is 6.29 Å². The Hall–Kier alpha value is -1.10. The molecule has 4 nitrogen and oxygen atoms in total. The van der Waals surface area contributed by atoms with Gasteiger partial charge in [0.05, 0.1) is 7.11 Å². The molecule has 1 rings (SSSR count). The van der Waals surface area contributed by atoms with Gasteiger partial charge < -0.3 is 19.3 Å². The van der Waals surface area contributed by atoms with Crippen LogP contribution >= 0.6 is 0 Å². The quantitative estimate of drug-likeness (QED) is 0.699. The molecule has 0 aliphatic carbocycles. The Labute approximate surface area is 115 Å². The number of rotatable bonds is 9. The monoisotopic (exact) mass is 268 g/mol. The Morgan fingerprint density at radius 3 is 2.32 bits per heavy atom. The first-order valence-corrected chi connectivity index (χ1v) is 6.76. The molecule has 0 saturated heterocycles. The van der Waals surface area contributed by atoms with Crippen LogP contribution in [0, 0.1) is 0 Å². The van der Waals surface area contributed by atoms with Crippen LogP contribution in [-0.4, -0.2) is 37.8 Å². The van der Waals surface area contributed by atoms with Crippen LogP contribution in [-0.2, 0) is 15.9 Å². The summed E-state index contributed by atoms with van der Waals surface area (Å²) in [4.78, 5) is 0. The Balaban J connectivity index is 2.54. The molecule has 0 bridgehead atoms. The number of hydrogen-bond donors (Lipinski definition) is 1. The second-order valence-electron chi connectivity index (χ2n) is 4.20. The molecular formula is C15H24O4. The first kappa shape index (κ1) is 16.0. The van der Waals surface area contributed by atoms with E-state index in [2.05, 4.69) is 0 Å². The van der Waals surface area contributed by atoms with Gasteiger partial charge in [0.2, 0.25) is 0 Å². The molecule has 1 atom stereocenters. The summed E-state index contributed by atoms with van der Waals surface area (Å²) in [5.74, 6) is 0.846. The normalized spacial score (nSPS) is 12.7. The lowest BCUT2D eigenvalue weighted by Gasteiger charge is -2.22. The van der Waals surface area contributed by atoms with E-state index < -0.39 is 12.4 Å². The fourth-order valence-corrected chi connectivity index (χ4v) is 1.95. The molecule has 108 valence electrons. The number of aryl methyl sites for hydroxylation is 1. The molecule has 0 fully saturated rings. The number of methoxy groups -OCH3 is 1. The second-order valence-corrected chi connectivity index (χ2v) is 4.20. The Morgan fingerprint density at radius 2 is 1.74 bits per heavy atom. The first-order chi connectivity index (χ1) is 9.22. The summed E-state index contributed by atoms with van der Waals surface area (Å²) in [5.41, 5.74) is 1.08. The van der Waals surface area contributed by atoms with Crippen LogP contribution in [0.1, 0.15) is 25.8 Å². The third kappa shape index (κ3) is 5.19. The molecule has 19 heavy (non-hydrogen) atoms. The number of ether oxygens (including phenoxy) is 3. The lowest BCUT2D eigenvalue weighted by atomic mass is 10.1. The number of hydrogen-bond acceptors (Lipinski definition) is 4. The Bertz CT molecular complexity index is 348. The Kier molecular flexibility index (Phi) is 7.48. The van der Waals surface area contributed by atoms with Crippen LogP contribution in [0.15, 0.2) is 24.3 Å². The third-order valence-electron chi connectivity index (χ3n) is 2.88. The van der Waals surface area contributed by atoms with E-state index in [9.17, 15) is 5.11 Å². The zero-order chi connectivity index (χ0) is 14.1. The summed E-state index contributed by atoms with van der Waals surface area (Å²) >= 11 is 0. The molecule has 4 heteroatoms. The number of benzene rings is 1. The van der Waals surface area contributed by atoms with Crippen molar-refractivity contribution in [3.8, 4) is 5.75 Å². The third-order valence-corrected chi connectivity index (χ3v) is 2.88. The maximum absolute atomic E-state index is 10.1. The zero-order valence-corrected chi connectivity index (χ0v) is 12.0. The summed E-state index contributed by atoms with van der Waals surface area (Å²) in [7, 11) is 1.65. The van der Waals surface area contributed by atoms with Crippen LogP contribution in [0.3, 0.4) is 0 Å². The van der Waals surface area contributed by atoms with Crippen molar-refractivity contribution in [2.45, 2.75) is 39.1 Å². The van der Waals surface area contributed by atoms with Crippen LogP contribution in [0.2, 0.25) is 0 Å². The average molecular weight is 268 g/mol. The summed E-state index contributed by atoms with van der Waals surface area (Å²) in [5, 5.41) is 10.1. The van der Waals surface area contributed by atoms with Gasteiger partial charge >= 0.3 is 0 Å². The number of aliphatic hydroxyl groups is 1. The van der Waals surface area contributed by atoms with E-state index in [4.69, 9.17) is 14.2 Å². The minimum atomic E-state index is -0.634. The topological polar surface area (TPSA) is 47.9 Å². The molecule has 1 unspecified atom stereocenters. The minimum Gasteiger partial charge on any atom is -0.496 e. The van der Waals surface area contributed by atoms with E-state index in [1.807, 2.05) is 38.1 Å². The highest BCUT2D eigenvalue weighted by Crippen LogP contribution is 2.20. The van der Waals surface area contributed by atoms with Crippen LogP contribution in [0.5, 0.6) is 5.75 Å². The molecule has 0 spiro atoms. The van der Waals surface area contributed by atoms with Crippen LogP contribution < -0.4 is 4.74 Å². The van der Waals surface area contributed by atoms with Gasteiger partial charge in [0, 0.05) is 13.2 Å². The average Bonchev–Trinajstić information content (AvgIpc) is 2.44. The van der Waals surface area contributed by atoms with Gasteiger partial charge in [-0.3, -0.25) is 0 Å². The van der Waals surface area contributed by atoms with Crippen LogP contribution in [0.4, 0.5) is 0 Å². The molecule has 0 radical (unpaired) electrons. The minimum absolute atomic E-state index is 0.524. The first-order valence-electron chi connectivity index (χ1n) is 6.76. The van der Waals surface area contributed by atoms with Crippen molar-refractivity contribution >= 4 is 0 Å². The number of para-hydroxylation sites is 1. The fraction of sp³-hybridized carbons (Fsp3) is 0.600. The fourth-order valence-electron chi connectivity index (χ4n) is 1.95. The van der Waals surface area contributed by atoms with Gasteiger partial charge in [-0.15, -0.1) is 0 Å². The lowest BCUT2D eigenvalue weighted by molar-refractivity contribution is -0.190. The Morgan fingerprint density at radius 1 is 1.11 bits per heavy atom. The van der Waals surface area contributed by atoms with Gasteiger partial charge in [-0.05, 0) is 38.3 Å². The van der Waals surface area contributed by atoms with Crippen molar-refractivity contribution < 1.29 is 19.3 Å². The van der Waals surface area contributed by atoms with Gasteiger partial charge in [0.1, 0.15) is 11.9 Å². The highest BCUT2D eigenvalue weighted by Gasteiger charge is 2.19. The second kappa shape index (κ2) is 8.91. The molecule has 0 saturated carbocycles. The zero-order valence-electron chi connectivity index (χ0n) is 12.0. The van der Waals surface area contributed by atoms with Gasteiger partial charge in [0.25, 0.3) is 0 Å².